The fraction of sp³-hybridized carbons (Fsp3) is 0.500. The van der Waals surface area contributed by atoms with Gasteiger partial charge in [-0.3, -0.25) is 18.6 Å². The molecular weight excluding hydrogens is 617 g/mol. The van der Waals surface area contributed by atoms with Gasteiger partial charge in [0.25, 0.3) is 11.5 Å². The van der Waals surface area contributed by atoms with Crippen molar-refractivity contribution in [1.29, 1.82) is 5.26 Å². The molecule has 15 heteroatoms. The summed E-state index contributed by atoms with van der Waals surface area (Å²) in [6, 6.07) is 6.68. The van der Waals surface area contributed by atoms with Gasteiger partial charge < -0.3 is 14.8 Å². The lowest BCUT2D eigenvalue weighted by Crippen LogP contribution is -2.40. The van der Waals surface area contributed by atoms with Gasteiger partial charge in [0.2, 0.25) is 0 Å². The molecule has 0 spiro atoms. The van der Waals surface area contributed by atoms with E-state index in [0.29, 0.717) is 36.9 Å². The molecule has 1 saturated heterocycles. The molecule has 1 fully saturated rings. The van der Waals surface area contributed by atoms with E-state index in [0.717, 1.165) is 6.07 Å². The van der Waals surface area contributed by atoms with Gasteiger partial charge in [-0.1, -0.05) is 17.3 Å². The summed E-state index contributed by atoms with van der Waals surface area (Å²) in [4.78, 5) is 31.9. The maximum Gasteiger partial charge on any atom is 0.351 e. The van der Waals surface area contributed by atoms with Crippen LogP contribution in [0.3, 0.4) is 0 Å². The zero-order valence-electron chi connectivity index (χ0n) is 26.1. The Hall–Kier alpha value is -4.55. The van der Waals surface area contributed by atoms with E-state index in [1.54, 1.807) is 23.9 Å². The Bertz CT molecular complexity index is 1960. The molecule has 4 aromatic rings. The summed E-state index contributed by atoms with van der Waals surface area (Å²) >= 11 is 0. The first-order valence-corrected chi connectivity index (χ1v) is 15.6. The number of anilines is 1. The number of ether oxygens (including phenoxy) is 2. The number of nitriles is 1. The molecule has 1 aromatic carbocycles. The summed E-state index contributed by atoms with van der Waals surface area (Å²) in [7, 11) is 1.51. The number of aromatic nitrogens is 6. The number of fused-ring (bicyclic) bond motifs is 10. The lowest BCUT2D eigenvalue weighted by Gasteiger charge is -2.31. The molecule has 0 aliphatic carbocycles. The maximum atomic E-state index is 15.8. The van der Waals surface area contributed by atoms with Crippen molar-refractivity contribution in [2.24, 2.45) is 7.05 Å². The Morgan fingerprint density at radius 1 is 1.09 bits per heavy atom. The first-order chi connectivity index (χ1) is 22.5. The summed E-state index contributed by atoms with van der Waals surface area (Å²) in [5.74, 6) is -4.70. The van der Waals surface area contributed by atoms with Gasteiger partial charge in [0.1, 0.15) is 29.6 Å². The Morgan fingerprint density at radius 2 is 1.87 bits per heavy atom. The van der Waals surface area contributed by atoms with Gasteiger partial charge in [-0.2, -0.15) is 19.0 Å². The number of rotatable bonds is 1. The number of pyridine rings is 1. The van der Waals surface area contributed by atoms with Gasteiger partial charge in [0, 0.05) is 44.5 Å². The molecule has 0 unspecified atom stereocenters. The van der Waals surface area contributed by atoms with Crippen LogP contribution in [0.5, 0.6) is 0 Å². The normalized spacial score (nSPS) is 20.2. The average Bonchev–Trinajstić information content (AvgIpc) is 3.50. The minimum atomic E-state index is -3.59. The Balaban J connectivity index is 1.55. The second kappa shape index (κ2) is 12.9. The molecule has 12 nitrogen and oxygen atoms in total. The SMILES string of the molecule is C[C@H]1Nc2nc(=O)n(c3c2cc(C2(C#N)CCOCC2)c(=O)n3C)Cc2cn(nn2)CCCCCOCC(F)(F)c2cccc1c2F. The van der Waals surface area contributed by atoms with Crippen LogP contribution in [-0.2, 0) is 40.9 Å². The highest BCUT2D eigenvalue weighted by atomic mass is 19.3. The lowest BCUT2D eigenvalue weighted by atomic mass is 9.76. The summed E-state index contributed by atoms with van der Waals surface area (Å²) in [5.41, 5.74) is -2.36. The van der Waals surface area contributed by atoms with E-state index in [2.05, 4.69) is 26.7 Å². The number of nitrogens with one attached hydrogen (secondary N) is 1. The van der Waals surface area contributed by atoms with E-state index < -0.39 is 46.6 Å². The van der Waals surface area contributed by atoms with Crippen molar-refractivity contribution < 1.29 is 22.6 Å². The molecule has 5 heterocycles. The molecule has 1 N–H and O–H groups in total. The fourth-order valence-electron chi connectivity index (χ4n) is 6.36. The van der Waals surface area contributed by atoms with Crippen LogP contribution in [0.1, 0.15) is 67.5 Å². The predicted molar refractivity (Wildman–Crippen MR) is 165 cm³/mol. The number of hydrogen-bond donors (Lipinski definition) is 1. The van der Waals surface area contributed by atoms with Gasteiger partial charge in [-0.25, -0.2) is 9.18 Å². The Morgan fingerprint density at radius 3 is 2.64 bits per heavy atom. The van der Waals surface area contributed by atoms with Crippen molar-refractivity contribution in [2.75, 3.05) is 31.7 Å². The molecule has 2 aliphatic rings. The van der Waals surface area contributed by atoms with Crippen molar-refractivity contribution in [3.05, 3.63) is 79.5 Å². The van der Waals surface area contributed by atoms with Crippen LogP contribution in [0.2, 0.25) is 0 Å². The Kier molecular flexibility index (Phi) is 8.91. The van der Waals surface area contributed by atoms with Gasteiger partial charge >= 0.3 is 5.69 Å². The third-order valence-electron chi connectivity index (χ3n) is 9.02. The number of alkyl halides is 2. The van der Waals surface area contributed by atoms with Crippen LogP contribution < -0.4 is 16.6 Å². The van der Waals surface area contributed by atoms with E-state index in [1.807, 2.05) is 0 Å². The fourth-order valence-corrected chi connectivity index (χ4v) is 6.36. The standard InChI is InChI=1S/C32H35F3N8O4/c1-20-22-7-6-8-24(26(22)33)32(34,35)19-47-12-5-3-4-11-42-16-21(39-40-42)17-43-28-23(27(37-20)38-30(43)45)15-25(29(44)41(28)2)31(18-36)9-13-46-14-10-31/h6-8,15-16,20H,3-5,9-14,17,19H2,1-2H3,(H,37,38,45)/t20-/m1/s1. The highest BCUT2D eigenvalue weighted by Crippen LogP contribution is 2.37. The van der Waals surface area contributed by atoms with Crippen LogP contribution in [-0.4, -0.2) is 55.5 Å². The van der Waals surface area contributed by atoms with Crippen molar-refractivity contribution in [3.63, 3.8) is 0 Å². The summed E-state index contributed by atoms with van der Waals surface area (Å²) in [6.45, 7) is 1.69. The summed E-state index contributed by atoms with van der Waals surface area (Å²) in [5, 5.41) is 22.0. The van der Waals surface area contributed by atoms with Crippen LogP contribution in [0.4, 0.5) is 19.0 Å². The maximum absolute atomic E-state index is 15.8. The van der Waals surface area contributed by atoms with Crippen molar-refractivity contribution in [1.82, 2.24) is 29.1 Å². The third-order valence-corrected chi connectivity index (χ3v) is 9.02. The number of hydrogen-bond acceptors (Lipinski definition) is 9. The van der Waals surface area contributed by atoms with E-state index >= 15 is 13.2 Å². The molecule has 0 radical (unpaired) electrons. The minimum Gasteiger partial charge on any atom is -0.381 e. The van der Waals surface area contributed by atoms with E-state index in [4.69, 9.17) is 9.47 Å². The lowest BCUT2D eigenvalue weighted by molar-refractivity contribution is -0.0853. The molecule has 47 heavy (non-hydrogen) atoms. The van der Waals surface area contributed by atoms with Gasteiger partial charge in [-0.05, 0) is 51.2 Å². The quantitative estimate of drug-likeness (QED) is 0.324. The van der Waals surface area contributed by atoms with Gasteiger partial charge in [0.15, 0.2) is 0 Å². The summed E-state index contributed by atoms with van der Waals surface area (Å²) < 4.78 is 61.2. The topological polar surface area (TPSA) is 142 Å². The molecule has 0 amide bonds. The van der Waals surface area contributed by atoms with Crippen LogP contribution in [0.15, 0.2) is 40.1 Å². The highest BCUT2D eigenvalue weighted by Gasteiger charge is 2.39. The number of nitrogens with zero attached hydrogens (tertiary/aromatic N) is 7. The molecular formula is C32H35F3N8O4. The van der Waals surface area contributed by atoms with E-state index in [9.17, 15) is 14.9 Å². The smallest absolute Gasteiger partial charge is 0.351 e. The molecule has 6 rings (SSSR count). The van der Waals surface area contributed by atoms with Crippen molar-refractivity contribution in [3.8, 4) is 6.07 Å². The molecule has 0 saturated carbocycles. The molecule has 248 valence electrons. The third kappa shape index (κ3) is 6.15. The molecule has 1 atom stereocenters. The largest absolute Gasteiger partial charge is 0.381 e. The molecule has 3 aromatic heterocycles. The average molecular weight is 653 g/mol. The van der Waals surface area contributed by atoms with Gasteiger partial charge in [-0.15, -0.1) is 5.10 Å². The van der Waals surface area contributed by atoms with Crippen LogP contribution >= 0.6 is 0 Å². The first kappa shape index (κ1) is 32.4. The second-order valence-corrected chi connectivity index (χ2v) is 12.2. The van der Waals surface area contributed by atoms with Crippen molar-refractivity contribution >= 4 is 16.9 Å². The second-order valence-electron chi connectivity index (χ2n) is 12.2. The number of halogens is 3. The van der Waals surface area contributed by atoms with E-state index in [1.165, 1.54) is 28.3 Å². The summed E-state index contributed by atoms with van der Waals surface area (Å²) in [6.07, 6.45) is 4.14. The zero-order chi connectivity index (χ0) is 33.3. The van der Waals surface area contributed by atoms with Crippen molar-refractivity contribution in [2.45, 2.75) is 69.5 Å². The predicted octanol–water partition coefficient (Wildman–Crippen LogP) is 3.91. The van der Waals surface area contributed by atoms with Crippen LogP contribution in [0, 0.1) is 17.1 Å². The molecule has 6 bridgehead atoms. The number of aryl methyl sites for hydroxylation is 2. The van der Waals surface area contributed by atoms with Gasteiger partial charge in [0.05, 0.1) is 41.2 Å². The highest BCUT2D eigenvalue weighted by molar-refractivity contribution is 5.88. The monoisotopic (exact) mass is 652 g/mol. The zero-order valence-corrected chi connectivity index (χ0v) is 26.1. The molecule has 2 aliphatic heterocycles. The Labute approximate surface area is 267 Å². The van der Waals surface area contributed by atoms with E-state index in [-0.39, 0.29) is 61.8 Å². The van der Waals surface area contributed by atoms with Crippen LogP contribution in [0.25, 0.3) is 11.0 Å². The minimum absolute atomic E-state index is 0.000178. The first-order valence-electron chi connectivity index (χ1n) is 15.6. The number of benzene rings is 1.